The number of hydrogen-bond donors (Lipinski definition) is 1. The van der Waals surface area contributed by atoms with Crippen LogP contribution in [0.4, 0.5) is 0 Å². The van der Waals surface area contributed by atoms with Crippen molar-refractivity contribution in [3.8, 4) is 0 Å². The first-order valence-electron chi connectivity index (χ1n) is 4.36. The van der Waals surface area contributed by atoms with Crippen LogP contribution < -0.4 is 0 Å². The Balaban J connectivity index is 2.67. The average molecular weight is 170 g/mol. The predicted molar refractivity (Wildman–Crippen MR) is 43.8 cm³/mol. The maximum Gasteiger partial charge on any atom is 0.307 e. The number of aliphatic carboxylic acids is 1. The molecule has 0 aromatic carbocycles. The molecular formula is C9H14O3. The SMILES string of the molecule is CC(=O)[C@H]1CCCCC1C(=O)O. The zero-order valence-electron chi connectivity index (χ0n) is 7.25. The number of carboxylic acid groups (broad SMARTS) is 1. The lowest BCUT2D eigenvalue weighted by Crippen LogP contribution is -2.31. The van der Waals surface area contributed by atoms with Gasteiger partial charge in [0.25, 0.3) is 0 Å². The largest absolute Gasteiger partial charge is 0.481 e. The molecule has 1 aliphatic carbocycles. The van der Waals surface area contributed by atoms with E-state index in [4.69, 9.17) is 5.11 Å². The van der Waals surface area contributed by atoms with Crippen LogP contribution in [0.1, 0.15) is 32.6 Å². The van der Waals surface area contributed by atoms with E-state index in [0.29, 0.717) is 6.42 Å². The number of Topliss-reactive ketones (excluding diaryl/α,β-unsaturated/α-hetero) is 1. The molecule has 0 heterocycles. The lowest BCUT2D eigenvalue weighted by molar-refractivity contribution is -0.148. The van der Waals surface area contributed by atoms with Gasteiger partial charge in [0, 0.05) is 5.92 Å². The molecule has 1 rings (SSSR count). The zero-order valence-corrected chi connectivity index (χ0v) is 7.25. The van der Waals surface area contributed by atoms with Gasteiger partial charge in [-0.25, -0.2) is 0 Å². The van der Waals surface area contributed by atoms with Gasteiger partial charge < -0.3 is 5.11 Å². The normalized spacial score (nSPS) is 29.8. The van der Waals surface area contributed by atoms with Crippen LogP contribution in [0.25, 0.3) is 0 Å². The molecule has 2 atom stereocenters. The summed E-state index contributed by atoms with van der Waals surface area (Å²) in [4.78, 5) is 21.8. The highest BCUT2D eigenvalue weighted by Gasteiger charge is 2.33. The number of hydrogen-bond acceptors (Lipinski definition) is 2. The van der Waals surface area contributed by atoms with Crippen molar-refractivity contribution in [1.82, 2.24) is 0 Å². The van der Waals surface area contributed by atoms with Crippen molar-refractivity contribution in [1.29, 1.82) is 0 Å². The van der Waals surface area contributed by atoms with E-state index in [1.807, 2.05) is 0 Å². The van der Waals surface area contributed by atoms with E-state index in [1.165, 1.54) is 6.92 Å². The van der Waals surface area contributed by atoms with E-state index in [0.717, 1.165) is 19.3 Å². The Labute approximate surface area is 71.8 Å². The van der Waals surface area contributed by atoms with Gasteiger partial charge in [0.05, 0.1) is 5.92 Å². The van der Waals surface area contributed by atoms with Crippen LogP contribution in [0, 0.1) is 11.8 Å². The molecular weight excluding hydrogens is 156 g/mol. The fraction of sp³-hybridized carbons (Fsp3) is 0.778. The summed E-state index contributed by atoms with van der Waals surface area (Å²) < 4.78 is 0. The lowest BCUT2D eigenvalue weighted by Gasteiger charge is -2.25. The van der Waals surface area contributed by atoms with Crippen molar-refractivity contribution < 1.29 is 14.7 Å². The summed E-state index contributed by atoms with van der Waals surface area (Å²) in [5.74, 6) is -1.43. The lowest BCUT2D eigenvalue weighted by atomic mass is 9.77. The zero-order chi connectivity index (χ0) is 9.14. The van der Waals surface area contributed by atoms with Gasteiger partial charge in [-0.1, -0.05) is 12.8 Å². The molecule has 1 N–H and O–H groups in total. The molecule has 0 aromatic rings. The van der Waals surface area contributed by atoms with Gasteiger partial charge in [-0.05, 0) is 19.8 Å². The average Bonchev–Trinajstić information content (AvgIpc) is 2.04. The smallest absolute Gasteiger partial charge is 0.307 e. The third kappa shape index (κ3) is 1.84. The summed E-state index contributed by atoms with van der Waals surface area (Å²) in [6.07, 6.45) is 3.36. The second-order valence-electron chi connectivity index (χ2n) is 3.45. The molecule has 0 spiro atoms. The van der Waals surface area contributed by atoms with E-state index in [9.17, 15) is 9.59 Å². The summed E-state index contributed by atoms with van der Waals surface area (Å²) in [6.45, 7) is 1.49. The fourth-order valence-electron chi connectivity index (χ4n) is 1.91. The van der Waals surface area contributed by atoms with Crippen LogP contribution in [0.15, 0.2) is 0 Å². The van der Waals surface area contributed by atoms with E-state index in [2.05, 4.69) is 0 Å². The van der Waals surface area contributed by atoms with E-state index in [1.54, 1.807) is 0 Å². The first kappa shape index (κ1) is 9.23. The van der Waals surface area contributed by atoms with Crippen molar-refractivity contribution in [3.63, 3.8) is 0 Å². The van der Waals surface area contributed by atoms with Crippen molar-refractivity contribution in [2.45, 2.75) is 32.6 Å². The Bertz CT molecular complexity index is 176. The Hall–Kier alpha value is -0.860. The molecule has 1 saturated carbocycles. The third-order valence-electron chi connectivity index (χ3n) is 2.61. The Morgan fingerprint density at radius 2 is 1.67 bits per heavy atom. The third-order valence-corrected chi connectivity index (χ3v) is 2.61. The van der Waals surface area contributed by atoms with Crippen LogP contribution in [-0.2, 0) is 9.59 Å². The Kier molecular flexibility index (Phi) is 2.84. The molecule has 0 amide bonds. The number of carbonyl (C=O) groups is 2. The first-order valence-corrected chi connectivity index (χ1v) is 4.36. The van der Waals surface area contributed by atoms with Gasteiger partial charge >= 0.3 is 5.97 Å². The molecule has 1 unspecified atom stereocenters. The quantitative estimate of drug-likeness (QED) is 0.682. The second kappa shape index (κ2) is 3.70. The monoisotopic (exact) mass is 170 g/mol. The molecule has 0 radical (unpaired) electrons. The van der Waals surface area contributed by atoms with Gasteiger partial charge in [0.15, 0.2) is 0 Å². The first-order chi connectivity index (χ1) is 5.63. The molecule has 0 aliphatic heterocycles. The van der Waals surface area contributed by atoms with Gasteiger partial charge in [0.1, 0.15) is 5.78 Å². The maximum atomic E-state index is 11.1. The molecule has 1 fully saturated rings. The van der Waals surface area contributed by atoms with Gasteiger partial charge in [0.2, 0.25) is 0 Å². The van der Waals surface area contributed by atoms with E-state index in [-0.39, 0.29) is 11.7 Å². The van der Waals surface area contributed by atoms with Crippen molar-refractivity contribution in [3.05, 3.63) is 0 Å². The topological polar surface area (TPSA) is 54.4 Å². The van der Waals surface area contributed by atoms with Crippen molar-refractivity contribution in [2.24, 2.45) is 11.8 Å². The molecule has 0 aromatic heterocycles. The molecule has 3 nitrogen and oxygen atoms in total. The summed E-state index contributed by atoms with van der Waals surface area (Å²) in [6, 6.07) is 0. The Morgan fingerprint density at radius 1 is 1.17 bits per heavy atom. The maximum absolute atomic E-state index is 11.1. The molecule has 3 heteroatoms. The van der Waals surface area contributed by atoms with Gasteiger partial charge in [-0.3, -0.25) is 9.59 Å². The second-order valence-corrected chi connectivity index (χ2v) is 3.45. The van der Waals surface area contributed by atoms with Crippen LogP contribution in [0.3, 0.4) is 0 Å². The summed E-state index contributed by atoms with van der Waals surface area (Å²) >= 11 is 0. The molecule has 0 bridgehead atoms. The highest BCUT2D eigenvalue weighted by Crippen LogP contribution is 2.30. The van der Waals surface area contributed by atoms with Gasteiger partial charge in [-0.2, -0.15) is 0 Å². The molecule has 12 heavy (non-hydrogen) atoms. The van der Waals surface area contributed by atoms with E-state index >= 15 is 0 Å². The highest BCUT2D eigenvalue weighted by molar-refractivity contribution is 5.84. The van der Waals surface area contributed by atoms with Crippen LogP contribution in [0.5, 0.6) is 0 Å². The summed E-state index contributed by atoms with van der Waals surface area (Å²) in [5.41, 5.74) is 0. The van der Waals surface area contributed by atoms with Crippen molar-refractivity contribution >= 4 is 11.8 Å². The van der Waals surface area contributed by atoms with Crippen molar-refractivity contribution in [2.75, 3.05) is 0 Å². The number of carboxylic acids is 1. The minimum Gasteiger partial charge on any atom is -0.481 e. The molecule has 68 valence electrons. The number of carbonyl (C=O) groups excluding carboxylic acids is 1. The number of ketones is 1. The standard InChI is InChI=1S/C9H14O3/c1-6(10)7-4-2-3-5-8(7)9(11)12/h7-8H,2-5H2,1H3,(H,11,12)/t7-,8?/m1/s1. The minimum atomic E-state index is -0.810. The van der Waals surface area contributed by atoms with Crippen LogP contribution in [-0.4, -0.2) is 16.9 Å². The number of rotatable bonds is 2. The summed E-state index contributed by atoms with van der Waals surface area (Å²) in [7, 11) is 0. The van der Waals surface area contributed by atoms with Crippen LogP contribution in [0.2, 0.25) is 0 Å². The molecule has 1 aliphatic rings. The fourth-order valence-corrected chi connectivity index (χ4v) is 1.91. The Morgan fingerprint density at radius 3 is 2.00 bits per heavy atom. The molecule has 0 saturated heterocycles. The highest BCUT2D eigenvalue weighted by atomic mass is 16.4. The summed E-state index contributed by atoms with van der Waals surface area (Å²) in [5, 5.41) is 8.81. The predicted octanol–water partition coefficient (Wildman–Crippen LogP) is 1.47. The van der Waals surface area contributed by atoms with Crippen LogP contribution >= 0.6 is 0 Å². The minimum absolute atomic E-state index is 0.0297. The van der Waals surface area contributed by atoms with Gasteiger partial charge in [-0.15, -0.1) is 0 Å². The van der Waals surface area contributed by atoms with E-state index < -0.39 is 11.9 Å².